The predicted octanol–water partition coefficient (Wildman–Crippen LogP) is 1.52. The Morgan fingerprint density at radius 3 is 2.62 bits per heavy atom. The van der Waals surface area contributed by atoms with Crippen molar-refractivity contribution in [1.82, 2.24) is 9.97 Å². The van der Waals surface area contributed by atoms with Gasteiger partial charge < -0.3 is 10.7 Å². The number of nitrogens with two attached hydrogens (primary N) is 1. The van der Waals surface area contributed by atoms with Gasteiger partial charge in [0.15, 0.2) is 0 Å². The second-order valence-corrected chi connectivity index (χ2v) is 3.16. The lowest BCUT2D eigenvalue weighted by atomic mass is 10.1. The summed E-state index contributed by atoms with van der Waals surface area (Å²) in [5.41, 5.74) is 3.15. The molecule has 0 aliphatic heterocycles. The van der Waals surface area contributed by atoms with Gasteiger partial charge in [0.05, 0.1) is 5.69 Å². The molecule has 0 aliphatic carbocycles. The highest BCUT2D eigenvalue weighted by atomic mass is 19.4. The zero-order valence-corrected chi connectivity index (χ0v) is 7.80. The lowest BCUT2D eigenvalue weighted by molar-refractivity contribution is -0.140. The number of nitrogens with zero attached hydrogens (tertiary/aromatic N) is 1. The first-order valence-corrected chi connectivity index (χ1v) is 4.25. The summed E-state index contributed by atoms with van der Waals surface area (Å²) in [5, 5.41) is -0.216. The van der Waals surface area contributed by atoms with Gasteiger partial charge in [-0.15, -0.1) is 0 Å². The summed E-state index contributed by atoms with van der Waals surface area (Å²) in [7, 11) is 0. The maximum Gasteiger partial charge on any atom is 0.432 e. The smallest absolute Gasteiger partial charge is 0.397 e. The quantitative estimate of drug-likeness (QED) is 0.673. The van der Waals surface area contributed by atoms with Gasteiger partial charge in [-0.2, -0.15) is 18.2 Å². The number of para-hydroxylation sites is 1. The summed E-state index contributed by atoms with van der Waals surface area (Å²) in [6.07, 6.45) is -4.64. The third kappa shape index (κ3) is 1.60. The molecular weight excluding hydrogens is 223 g/mol. The number of aromatic nitrogens is 2. The Labute approximate surface area is 86.9 Å². The molecule has 1 heterocycles. The molecule has 7 heteroatoms. The minimum Gasteiger partial charge on any atom is -0.397 e. The van der Waals surface area contributed by atoms with Crippen molar-refractivity contribution in [3.63, 3.8) is 0 Å². The number of halogens is 3. The number of nitrogens with one attached hydrogen (secondary N) is 1. The van der Waals surface area contributed by atoms with E-state index >= 15 is 0 Å². The zero-order valence-electron chi connectivity index (χ0n) is 7.80. The van der Waals surface area contributed by atoms with Crippen LogP contribution < -0.4 is 11.4 Å². The number of rotatable bonds is 0. The van der Waals surface area contributed by atoms with Crippen LogP contribution in [-0.2, 0) is 6.18 Å². The molecular formula is C9H6F3N3O. The lowest BCUT2D eigenvalue weighted by Gasteiger charge is -2.09. The van der Waals surface area contributed by atoms with Crippen LogP contribution >= 0.6 is 0 Å². The number of aromatic amines is 1. The van der Waals surface area contributed by atoms with E-state index in [0.717, 1.165) is 0 Å². The Morgan fingerprint density at radius 1 is 1.31 bits per heavy atom. The number of hydrogen-bond donors (Lipinski definition) is 2. The molecule has 3 N–H and O–H groups in total. The number of nitrogen functional groups attached to an aromatic ring is 1. The molecule has 0 saturated carbocycles. The van der Waals surface area contributed by atoms with Crippen molar-refractivity contribution in [2.75, 3.05) is 5.73 Å². The average Bonchev–Trinajstić information content (AvgIpc) is 2.17. The minimum atomic E-state index is -4.64. The fourth-order valence-electron chi connectivity index (χ4n) is 1.42. The summed E-state index contributed by atoms with van der Waals surface area (Å²) < 4.78 is 37.8. The number of benzene rings is 1. The van der Waals surface area contributed by atoms with Crippen LogP contribution in [0.4, 0.5) is 18.9 Å². The minimum absolute atomic E-state index is 0.0362. The number of alkyl halides is 3. The van der Waals surface area contributed by atoms with Gasteiger partial charge in [-0.3, -0.25) is 0 Å². The summed E-state index contributed by atoms with van der Waals surface area (Å²) in [5.74, 6) is 0. The molecule has 2 rings (SSSR count). The van der Waals surface area contributed by atoms with E-state index in [1.54, 1.807) is 4.98 Å². The van der Waals surface area contributed by atoms with E-state index < -0.39 is 17.6 Å². The van der Waals surface area contributed by atoms with E-state index in [2.05, 4.69) is 4.98 Å². The predicted molar refractivity (Wildman–Crippen MR) is 51.8 cm³/mol. The molecule has 0 saturated heterocycles. The van der Waals surface area contributed by atoms with Crippen molar-refractivity contribution < 1.29 is 13.2 Å². The van der Waals surface area contributed by atoms with Crippen LogP contribution in [0.25, 0.3) is 10.9 Å². The Balaban J connectivity index is 2.95. The van der Waals surface area contributed by atoms with E-state index in [4.69, 9.17) is 5.73 Å². The van der Waals surface area contributed by atoms with Gasteiger partial charge in [0.2, 0.25) is 0 Å². The molecule has 1 aromatic heterocycles. The van der Waals surface area contributed by atoms with E-state index in [0.29, 0.717) is 0 Å². The van der Waals surface area contributed by atoms with Crippen LogP contribution in [0.1, 0.15) is 5.69 Å². The first kappa shape index (κ1) is 10.5. The van der Waals surface area contributed by atoms with Crippen molar-refractivity contribution >= 4 is 16.6 Å². The molecule has 0 amide bonds. The van der Waals surface area contributed by atoms with Crippen LogP contribution in [-0.4, -0.2) is 9.97 Å². The highest BCUT2D eigenvalue weighted by molar-refractivity contribution is 5.90. The molecule has 0 atom stereocenters. The van der Waals surface area contributed by atoms with Crippen LogP contribution in [0.2, 0.25) is 0 Å². The number of H-pyrrole nitrogens is 1. The van der Waals surface area contributed by atoms with E-state index in [1.165, 1.54) is 18.2 Å². The first-order chi connectivity index (χ1) is 7.39. The monoisotopic (exact) mass is 229 g/mol. The molecule has 16 heavy (non-hydrogen) atoms. The van der Waals surface area contributed by atoms with Gasteiger partial charge in [-0.25, -0.2) is 4.79 Å². The number of fused-ring (bicyclic) bond motifs is 1. The van der Waals surface area contributed by atoms with Crippen molar-refractivity contribution in [2.24, 2.45) is 0 Å². The van der Waals surface area contributed by atoms with Crippen molar-refractivity contribution in [3.05, 3.63) is 34.4 Å². The van der Waals surface area contributed by atoms with Crippen LogP contribution in [0.5, 0.6) is 0 Å². The fourth-order valence-corrected chi connectivity index (χ4v) is 1.42. The second kappa shape index (κ2) is 3.22. The Kier molecular flexibility index (Phi) is 2.11. The summed E-state index contributed by atoms with van der Waals surface area (Å²) in [6, 6.07) is 3.96. The number of hydrogen-bond acceptors (Lipinski definition) is 3. The van der Waals surface area contributed by atoms with Crippen LogP contribution in [0, 0.1) is 0 Å². The number of anilines is 1. The van der Waals surface area contributed by atoms with Gasteiger partial charge in [-0.05, 0) is 6.07 Å². The van der Waals surface area contributed by atoms with Gasteiger partial charge >= 0.3 is 11.9 Å². The van der Waals surface area contributed by atoms with Crippen LogP contribution in [0.3, 0.4) is 0 Å². The summed E-state index contributed by atoms with van der Waals surface area (Å²) in [4.78, 5) is 16.1. The maximum atomic E-state index is 12.6. The van der Waals surface area contributed by atoms with Crippen molar-refractivity contribution in [3.8, 4) is 0 Å². The van der Waals surface area contributed by atoms with Crippen molar-refractivity contribution in [2.45, 2.75) is 6.18 Å². The SMILES string of the molecule is Nc1cccc2c(C(F)(F)F)[nH]c(=O)nc12. The molecule has 0 fully saturated rings. The zero-order chi connectivity index (χ0) is 11.9. The standard InChI is InChI=1S/C9H6F3N3O/c10-9(11,12)7-4-2-1-3-5(13)6(4)14-8(16)15-7/h1-3H,13H2,(H,14,15,16). The molecule has 0 unspecified atom stereocenters. The topological polar surface area (TPSA) is 71.8 Å². The van der Waals surface area contributed by atoms with E-state index in [9.17, 15) is 18.0 Å². The molecule has 4 nitrogen and oxygen atoms in total. The van der Waals surface area contributed by atoms with E-state index in [1.807, 2.05) is 0 Å². The Bertz CT molecular complexity index is 603. The normalized spacial score (nSPS) is 11.9. The molecule has 0 radical (unpaired) electrons. The molecule has 1 aromatic carbocycles. The second-order valence-electron chi connectivity index (χ2n) is 3.16. The van der Waals surface area contributed by atoms with Gasteiger partial charge in [-0.1, -0.05) is 12.1 Å². The van der Waals surface area contributed by atoms with Gasteiger partial charge in [0.1, 0.15) is 11.2 Å². The van der Waals surface area contributed by atoms with E-state index in [-0.39, 0.29) is 16.6 Å². The first-order valence-electron chi connectivity index (χ1n) is 4.25. The summed E-state index contributed by atoms with van der Waals surface area (Å²) >= 11 is 0. The molecule has 0 aliphatic rings. The third-order valence-electron chi connectivity index (χ3n) is 2.07. The maximum absolute atomic E-state index is 12.6. The van der Waals surface area contributed by atoms with Crippen LogP contribution in [0.15, 0.2) is 23.0 Å². The summed E-state index contributed by atoms with van der Waals surface area (Å²) in [6.45, 7) is 0. The molecule has 0 bridgehead atoms. The highest BCUT2D eigenvalue weighted by Gasteiger charge is 2.34. The Hall–Kier alpha value is -2.05. The van der Waals surface area contributed by atoms with Crippen molar-refractivity contribution in [1.29, 1.82) is 0 Å². The average molecular weight is 229 g/mol. The molecule has 84 valence electrons. The fraction of sp³-hybridized carbons (Fsp3) is 0.111. The third-order valence-corrected chi connectivity index (χ3v) is 2.07. The lowest BCUT2D eigenvalue weighted by Crippen LogP contribution is -2.19. The highest BCUT2D eigenvalue weighted by Crippen LogP contribution is 2.32. The van der Waals surface area contributed by atoms with Gasteiger partial charge in [0, 0.05) is 5.39 Å². The molecule has 2 aromatic rings. The molecule has 0 spiro atoms. The Morgan fingerprint density at radius 2 is 2.00 bits per heavy atom. The largest absolute Gasteiger partial charge is 0.432 e. The van der Waals surface area contributed by atoms with Gasteiger partial charge in [0.25, 0.3) is 0 Å².